The Balaban J connectivity index is 1.83. The molecule has 0 bridgehead atoms. The lowest BCUT2D eigenvalue weighted by Crippen LogP contribution is -1.89. The van der Waals surface area contributed by atoms with E-state index in [1.807, 2.05) is 0 Å². The van der Waals surface area contributed by atoms with E-state index in [1.165, 1.54) is 71.9 Å². The first-order chi connectivity index (χ1) is 10.3. The predicted octanol–water partition coefficient (Wildman–Crippen LogP) is 5.74. The standard InChI is InChI=1S/C21H25/c1-3-5-7-16-9-11-20-18(13-16)15-19-14-17(8-6-4-2)10-12-21(19)20/h9-13H,3-8,15H2,1-2H3. The molecule has 0 heteroatoms. The summed E-state index contributed by atoms with van der Waals surface area (Å²) in [5, 5.41) is 0. The Morgan fingerprint density at radius 3 is 2.48 bits per heavy atom. The molecule has 3 rings (SSSR count). The van der Waals surface area contributed by atoms with Gasteiger partial charge in [0.05, 0.1) is 0 Å². The van der Waals surface area contributed by atoms with Gasteiger partial charge in [-0.2, -0.15) is 0 Å². The second-order valence-electron chi connectivity index (χ2n) is 6.25. The van der Waals surface area contributed by atoms with Crippen molar-refractivity contribution in [2.24, 2.45) is 0 Å². The molecule has 0 aliphatic heterocycles. The van der Waals surface area contributed by atoms with Gasteiger partial charge < -0.3 is 0 Å². The Labute approximate surface area is 129 Å². The van der Waals surface area contributed by atoms with Crippen LogP contribution in [-0.4, -0.2) is 0 Å². The molecule has 0 nitrogen and oxygen atoms in total. The minimum atomic E-state index is 1.07. The maximum absolute atomic E-state index is 3.67. The van der Waals surface area contributed by atoms with Crippen LogP contribution in [0.15, 0.2) is 30.3 Å². The molecule has 21 heavy (non-hydrogen) atoms. The Morgan fingerprint density at radius 1 is 0.905 bits per heavy atom. The maximum atomic E-state index is 3.67. The van der Waals surface area contributed by atoms with Gasteiger partial charge in [0.15, 0.2) is 0 Å². The van der Waals surface area contributed by atoms with Crippen molar-refractivity contribution in [2.45, 2.75) is 58.8 Å². The second-order valence-corrected chi connectivity index (χ2v) is 6.25. The molecule has 0 atom stereocenters. The Morgan fingerprint density at radius 2 is 1.67 bits per heavy atom. The molecule has 0 unspecified atom stereocenters. The van der Waals surface area contributed by atoms with E-state index in [0.717, 1.165) is 6.42 Å². The minimum Gasteiger partial charge on any atom is -0.0654 e. The molecule has 2 aromatic carbocycles. The van der Waals surface area contributed by atoms with Crippen molar-refractivity contribution in [2.75, 3.05) is 0 Å². The van der Waals surface area contributed by atoms with Gasteiger partial charge in [-0.05, 0) is 71.6 Å². The predicted molar refractivity (Wildman–Crippen MR) is 90.7 cm³/mol. The summed E-state index contributed by atoms with van der Waals surface area (Å²) in [6.07, 6.45) is 8.54. The summed E-state index contributed by atoms with van der Waals surface area (Å²) in [5.41, 5.74) is 8.63. The van der Waals surface area contributed by atoms with Gasteiger partial charge in [0.2, 0.25) is 0 Å². The zero-order chi connectivity index (χ0) is 14.7. The van der Waals surface area contributed by atoms with Gasteiger partial charge in [0, 0.05) is 0 Å². The Bertz CT molecular complexity index is 566. The third-order valence-electron chi connectivity index (χ3n) is 4.53. The Hall–Kier alpha value is -1.56. The molecule has 109 valence electrons. The average Bonchev–Trinajstić information content (AvgIpc) is 2.87. The van der Waals surface area contributed by atoms with E-state index in [-0.39, 0.29) is 0 Å². The summed E-state index contributed by atoms with van der Waals surface area (Å²) in [6.45, 7) is 4.51. The molecule has 0 saturated heterocycles. The van der Waals surface area contributed by atoms with Crippen LogP contribution in [0.4, 0.5) is 0 Å². The highest BCUT2D eigenvalue weighted by molar-refractivity contribution is 5.77. The number of hydrogen-bond acceptors (Lipinski definition) is 0. The smallest absolute Gasteiger partial charge is 0.000708 e. The molecule has 0 spiro atoms. The topological polar surface area (TPSA) is 0 Å². The van der Waals surface area contributed by atoms with Crippen LogP contribution < -0.4 is 0 Å². The quantitative estimate of drug-likeness (QED) is 0.538. The molecule has 1 aliphatic rings. The van der Waals surface area contributed by atoms with Gasteiger partial charge in [0.25, 0.3) is 0 Å². The maximum Gasteiger partial charge on any atom is -0.000708 e. The van der Waals surface area contributed by atoms with Crippen molar-refractivity contribution in [3.63, 3.8) is 0 Å². The van der Waals surface area contributed by atoms with Gasteiger partial charge in [-0.25, -0.2) is 0 Å². The van der Waals surface area contributed by atoms with Crippen LogP contribution in [0.2, 0.25) is 0 Å². The van der Waals surface area contributed by atoms with Crippen molar-refractivity contribution in [1.82, 2.24) is 0 Å². The number of fused-ring (bicyclic) bond motifs is 3. The lowest BCUT2D eigenvalue weighted by molar-refractivity contribution is 0.793. The van der Waals surface area contributed by atoms with Gasteiger partial charge in [-0.1, -0.05) is 57.0 Å². The summed E-state index contributed by atoms with van der Waals surface area (Å²) in [5.74, 6) is 0. The monoisotopic (exact) mass is 277 g/mol. The van der Waals surface area contributed by atoms with Crippen molar-refractivity contribution in [1.29, 1.82) is 0 Å². The lowest BCUT2D eigenvalue weighted by atomic mass is 9.99. The first kappa shape index (κ1) is 14.4. The largest absolute Gasteiger partial charge is 0.0654 e. The van der Waals surface area contributed by atoms with Crippen LogP contribution in [0, 0.1) is 6.07 Å². The molecule has 0 amide bonds. The first-order valence-corrected chi connectivity index (χ1v) is 8.48. The third-order valence-corrected chi connectivity index (χ3v) is 4.53. The molecular weight excluding hydrogens is 252 g/mol. The van der Waals surface area contributed by atoms with Crippen molar-refractivity contribution >= 4 is 0 Å². The first-order valence-electron chi connectivity index (χ1n) is 8.48. The number of rotatable bonds is 6. The molecular formula is C21H25. The van der Waals surface area contributed by atoms with Crippen molar-refractivity contribution in [3.8, 4) is 11.1 Å². The number of benzene rings is 2. The van der Waals surface area contributed by atoms with E-state index < -0.39 is 0 Å². The molecule has 1 radical (unpaired) electrons. The number of hydrogen-bond donors (Lipinski definition) is 0. The van der Waals surface area contributed by atoms with Gasteiger partial charge in [0.1, 0.15) is 0 Å². The van der Waals surface area contributed by atoms with Crippen LogP contribution in [0.3, 0.4) is 0 Å². The number of unbranched alkanes of at least 4 members (excludes halogenated alkanes) is 2. The van der Waals surface area contributed by atoms with Crippen LogP contribution in [0.5, 0.6) is 0 Å². The number of aryl methyl sites for hydroxylation is 2. The van der Waals surface area contributed by atoms with E-state index in [1.54, 1.807) is 0 Å². The Kier molecular flexibility index (Phi) is 4.43. The molecule has 0 N–H and O–H groups in total. The second kappa shape index (κ2) is 6.47. The van der Waals surface area contributed by atoms with E-state index in [2.05, 4.69) is 50.2 Å². The fourth-order valence-electron chi connectivity index (χ4n) is 3.28. The van der Waals surface area contributed by atoms with Crippen LogP contribution in [0.25, 0.3) is 11.1 Å². The normalized spacial score (nSPS) is 12.3. The lowest BCUT2D eigenvalue weighted by Gasteiger charge is -2.05. The average molecular weight is 277 g/mol. The van der Waals surface area contributed by atoms with Crippen LogP contribution in [0.1, 0.15) is 61.8 Å². The molecule has 1 aliphatic carbocycles. The fourth-order valence-corrected chi connectivity index (χ4v) is 3.28. The van der Waals surface area contributed by atoms with Gasteiger partial charge in [-0.15, -0.1) is 0 Å². The molecule has 0 saturated carbocycles. The van der Waals surface area contributed by atoms with Crippen LogP contribution in [-0.2, 0) is 19.3 Å². The highest BCUT2D eigenvalue weighted by Gasteiger charge is 2.19. The third kappa shape index (κ3) is 3.05. The summed E-state index contributed by atoms with van der Waals surface area (Å²) < 4.78 is 0. The fraction of sp³-hybridized carbons (Fsp3) is 0.429. The summed E-state index contributed by atoms with van der Waals surface area (Å²) in [6, 6.07) is 15.3. The highest BCUT2D eigenvalue weighted by Crippen LogP contribution is 2.37. The summed E-state index contributed by atoms with van der Waals surface area (Å²) in [4.78, 5) is 0. The summed E-state index contributed by atoms with van der Waals surface area (Å²) >= 11 is 0. The van der Waals surface area contributed by atoms with Crippen molar-refractivity contribution < 1.29 is 0 Å². The highest BCUT2D eigenvalue weighted by atomic mass is 14.2. The zero-order valence-electron chi connectivity index (χ0n) is 13.3. The van der Waals surface area contributed by atoms with Gasteiger partial charge in [-0.3, -0.25) is 0 Å². The van der Waals surface area contributed by atoms with Gasteiger partial charge >= 0.3 is 0 Å². The molecule has 2 aromatic rings. The minimum absolute atomic E-state index is 1.07. The van der Waals surface area contributed by atoms with E-state index in [4.69, 9.17) is 0 Å². The molecule has 0 fully saturated rings. The molecule has 0 heterocycles. The van der Waals surface area contributed by atoms with Crippen molar-refractivity contribution in [3.05, 3.63) is 58.7 Å². The molecule has 0 aromatic heterocycles. The van der Waals surface area contributed by atoms with Crippen LogP contribution >= 0.6 is 0 Å². The SMILES string of the molecule is CCCCc1[c]c2c(cc1)-c1ccc(CCCC)cc1C2. The van der Waals surface area contributed by atoms with E-state index >= 15 is 0 Å². The zero-order valence-corrected chi connectivity index (χ0v) is 13.3. The van der Waals surface area contributed by atoms with E-state index in [9.17, 15) is 0 Å². The van der Waals surface area contributed by atoms with E-state index in [0.29, 0.717) is 0 Å². The summed E-state index contributed by atoms with van der Waals surface area (Å²) in [7, 11) is 0.